The summed E-state index contributed by atoms with van der Waals surface area (Å²) in [5, 5.41) is 8.68. The van der Waals surface area contributed by atoms with Crippen molar-refractivity contribution in [1.82, 2.24) is 9.80 Å². The van der Waals surface area contributed by atoms with Crippen molar-refractivity contribution in [1.29, 1.82) is 5.26 Å². The van der Waals surface area contributed by atoms with Crippen molar-refractivity contribution < 1.29 is 9.47 Å². The van der Waals surface area contributed by atoms with E-state index in [2.05, 4.69) is 48.9 Å². The first-order valence-electron chi connectivity index (χ1n) is 10.2. The number of nitrogens with zero attached hydrogens (tertiary/aromatic N) is 3. The molecule has 27 heavy (non-hydrogen) atoms. The maximum absolute atomic E-state index is 8.68. The molecular formula is C22H33N3O2. The number of hydrogen-bond donors (Lipinski definition) is 0. The van der Waals surface area contributed by atoms with E-state index in [1.807, 2.05) is 0 Å². The number of benzene rings is 1. The van der Waals surface area contributed by atoms with Crippen LogP contribution in [0.4, 0.5) is 0 Å². The number of unbranched alkanes of at least 4 members (excludes halogenated alkanes) is 1. The van der Waals surface area contributed by atoms with Crippen molar-refractivity contribution in [2.75, 3.05) is 40.4 Å². The summed E-state index contributed by atoms with van der Waals surface area (Å²) in [6.45, 7) is 8.50. The van der Waals surface area contributed by atoms with E-state index in [0.717, 1.165) is 49.9 Å². The molecule has 2 atom stereocenters. The molecule has 1 fully saturated rings. The van der Waals surface area contributed by atoms with Crippen molar-refractivity contribution in [2.24, 2.45) is 5.92 Å². The maximum Gasteiger partial charge on any atom is 0.161 e. The number of rotatable bonds is 7. The van der Waals surface area contributed by atoms with E-state index in [1.54, 1.807) is 7.11 Å². The second-order valence-corrected chi connectivity index (χ2v) is 8.30. The van der Waals surface area contributed by atoms with Gasteiger partial charge in [0.05, 0.1) is 19.8 Å². The van der Waals surface area contributed by atoms with Gasteiger partial charge < -0.3 is 14.4 Å². The fourth-order valence-electron chi connectivity index (χ4n) is 4.43. The molecule has 0 aliphatic carbocycles. The molecule has 1 aromatic carbocycles. The maximum atomic E-state index is 8.68. The van der Waals surface area contributed by atoms with E-state index in [9.17, 15) is 0 Å². The van der Waals surface area contributed by atoms with E-state index in [-0.39, 0.29) is 0 Å². The van der Waals surface area contributed by atoms with Gasteiger partial charge in [-0.2, -0.15) is 5.26 Å². The molecule has 3 rings (SSSR count). The predicted octanol–water partition coefficient (Wildman–Crippen LogP) is 3.64. The molecule has 0 spiro atoms. The van der Waals surface area contributed by atoms with Crippen LogP contribution in [0.5, 0.6) is 11.5 Å². The molecule has 0 amide bonds. The van der Waals surface area contributed by atoms with Gasteiger partial charge in [0, 0.05) is 38.1 Å². The van der Waals surface area contributed by atoms with E-state index >= 15 is 0 Å². The average Bonchev–Trinajstić information content (AvgIpc) is 2.65. The third-order valence-electron chi connectivity index (χ3n) is 5.86. The highest BCUT2D eigenvalue weighted by Gasteiger charge is 2.36. The SMILES string of the molecule is COc1cc2c(cc1OCCCC#N)CCN1C[C@@H](CC(C)C)N(C)C[C@H]21. The summed E-state index contributed by atoms with van der Waals surface area (Å²) < 4.78 is 11.5. The lowest BCUT2D eigenvalue weighted by Gasteiger charge is -2.48. The molecule has 0 saturated carbocycles. The van der Waals surface area contributed by atoms with Gasteiger partial charge in [-0.05, 0) is 55.5 Å². The van der Waals surface area contributed by atoms with Crippen molar-refractivity contribution in [3.05, 3.63) is 23.3 Å². The van der Waals surface area contributed by atoms with Crippen LogP contribution in [0.2, 0.25) is 0 Å². The Kier molecular flexibility index (Phi) is 6.62. The van der Waals surface area contributed by atoms with Gasteiger partial charge in [-0.15, -0.1) is 0 Å². The molecule has 0 radical (unpaired) electrons. The molecule has 0 aromatic heterocycles. The normalized spacial score (nSPS) is 22.8. The van der Waals surface area contributed by atoms with Gasteiger partial charge in [0.1, 0.15) is 0 Å². The minimum Gasteiger partial charge on any atom is -0.493 e. The first kappa shape index (κ1) is 20.0. The summed E-state index contributed by atoms with van der Waals surface area (Å²) in [6, 6.07) is 7.59. The highest BCUT2D eigenvalue weighted by atomic mass is 16.5. The lowest BCUT2D eigenvalue weighted by molar-refractivity contribution is 0.0294. The van der Waals surface area contributed by atoms with Crippen molar-refractivity contribution >= 4 is 0 Å². The molecule has 1 aromatic rings. The first-order chi connectivity index (χ1) is 13.0. The Hall–Kier alpha value is -1.77. The number of nitriles is 1. The van der Waals surface area contributed by atoms with Crippen LogP contribution in [0.15, 0.2) is 12.1 Å². The van der Waals surface area contributed by atoms with Crippen LogP contribution < -0.4 is 9.47 Å². The van der Waals surface area contributed by atoms with Gasteiger partial charge in [-0.1, -0.05) is 13.8 Å². The zero-order valence-electron chi connectivity index (χ0n) is 17.2. The molecule has 2 heterocycles. The minimum atomic E-state index is 0.434. The smallest absolute Gasteiger partial charge is 0.161 e. The summed E-state index contributed by atoms with van der Waals surface area (Å²) in [5.74, 6) is 2.34. The van der Waals surface area contributed by atoms with Crippen molar-refractivity contribution in [3.8, 4) is 17.6 Å². The quantitative estimate of drug-likeness (QED) is 0.685. The van der Waals surface area contributed by atoms with E-state index in [1.165, 1.54) is 17.5 Å². The van der Waals surface area contributed by atoms with Gasteiger partial charge in [-0.25, -0.2) is 0 Å². The summed E-state index contributed by atoms with van der Waals surface area (Å²) in [7, 11) is 3.97. The number of fused-ring (bicyclic) bond motifs is 3. The lowest BCUT2D eigenvalue weighted by Crippen LogP contribution is -2.55. The zero-order valence-corrected chi connectivity index (χ0v) is 17.2. The number of piperazine rings is 1. The van der Waals surface area contributed by atoms with Gasteiger partial charge in [0.15, 0.2) is 11.5 Å². The Morgan fingerprint density at radius 3 is 2.78 bits per heavy atom. The molecule has 2 aliphatic rings. The van der Waals surface area contributed by atoms with Crippen LogP contribution in [-0.4, -0.2) is 56.2 Å². The molecule has 0 bridgehead atoms. The molecule has 1 saturated heterocycles. The fourth-order valence-corrected chi connectivity index (χ4v) is 4.43. The Morgan fingerprint density at radius 2 is 2.07 bits per heavy atom. The summed E-state index contributed by atoms with van der Waals surface area (Å²) in [4.78, 5) is 5.19. The zero-order chi connectivity index (χ0) is 19.4. The molecule has 0 N–H and O–H groups in total. The second kappa shape index (κ2) is 8.95. The Bertz CT molecular complexity index is 683. The Morgan fingerprint density at radius 1 is 1.26 bits per heavy atom. The van der Waals surface area contributed by atoms with Crippen LogP contribution in [0.1, 0.15) is 50.3 Å². The van der Waals surface area contributed by atoms with Crippen LogP contribution in [0.3, 0.4) is 0 Å². The molecular weight excluding hydrogens is 338 g/mol. The summed E-state index contributed by atoms with van der Waals surface area (Å²) >= 11 is 0. The molecule has 0 unspecified atom stereocenters. The highest BCUT2D eigenvalue weighted by molar-refractivity contribution is 5.49. The van der Waals surface area contributed by atoms with Gasteiger partial charge in [0.2, 0.25) is 0 Å². The second-order valence-electron chi connectivity index (χ2n) is 8.30. The van der Waals surface area contributed by atoms with Crippen LogP contribution in [0.25, 0.3) is 0 Å². The monoisotopic (exact) mass is 371 g/mol. The van der Waals surface area contributed by atoms with Crippen LogP contribution in [0, 0.1) is 17.2 Å². The van der Waals surface area contributed by atoms with Crippen LogP contribution in [-0.2, 0) is 6.42 Å². The number of ether oxygens (including phenoxy) is 2. The molecule has 148 valence electrons. The third-order valence-corrected chi connectivity index (χ3v) is 5.86. The van der Waals surface area contributed by atoms with Crippen LogP contribution >= 0.6 is 0 Å². The predicted molar refractivity (Wildman–Crippen MR) is 107 cm³/mol. The average molecular weight is 372 g/mol. The lowest BCUT2D eigenvalue weighted by atomic mass is 9.88. The molecule has 2 aliphatic heterocycles. The van der Waals surface area contributed by atoms with Gasteiger partial charge >= 0.3 is 0 Å². The summed E-state index contributed by atoms with van der Waals surface area (Å²) in [5.41, 5.74) is 2.76. The highest BCUT2D eigenvalue weighted by Crippen LogP contribution is 2.40. The minimum absolute atomic E-state index is 0.434. The first-order valence-corrected chi connectivity index (χ1v) is 10.2. The number of likely N-dealkylation sites (N-methyl/N-ethyl adjacent to an activating group) is 1. The number of hydrogen-bond acceptors (Lipinski definition) is 5. The summed E-state index contributed by atoms with van der Waals surface area (Å²) in [6.07, 6.45) is 3.58. The van der Waals surface area contributed by atoms with Crippen molar-refractivity contribution in [2.45, 2.75) is 51.6 Å². The van der Waals surface area contributed by atoms with Gasteiger partial charge in [0.25, 0.3) is 0 Å². The van der Waals surface area contributed by atoms with E-state index in [0.29, 0.717) is 25.1 Å². The standard InChI is InChI=1S/C22H33N3O2/c1-16(2)11-18-14-25-9-7-17-12-22(27-10-6-5-8-23)21(26-4)13-19(17)20(25)15-24(18)3/h12-13,16,18,20H,5-7,9-11,14-15H2,1-4H3/t18-,20-/m1/s1. The molecule has 5 heteroatoms. The number of methoxy groups -OCH3 is 1. The molecule has 5 nitrogen and oxygen atoms in total. The third kappa shape index (κ3) is 4.56. The topological polar surface area (TPSA) is 48.7 Å². The van der Waals surface area contributed by atoms with E-state index in [4.69, 9.17) is 14.7 Å². The largest absolute Gasteiger partial charge is 0.493 e. The van der Waals surface area contributed by atoms with Gasteiger partial charge in [-0.3, -0.25) is 4.90 Å². The Labute approximate surface area is 163 Å². The van der Waals surface area contributed by atoms with Crippen molar-refractivity contribution in [3.63, 3.8) is 0 Å². The van der Waals surface area contributed by atoms with E-state index < -0.39 is 0 Å². The fraction of sp³-hybridized carbons (Fsp3) is 0.682. The Balaban J connectivity index is 1.77.